The van der Waals surface area contributed by atoms with Crippen LogP contribution in [0, 0.1) is 5.82 Å². The summed E-state index contributed by atoms with van der Waals surface area (Å²) >= 11 is 0. The summed E-state index contributed by atoms with van der Waals surface area (Å²) in [6.07, 6.45) is 0.368. The van der Waals surface area contributed by atoms with Gasteiger partial charge in [0.2, 0.25) is 5.91 Å². The molecule has 0 saturated carbocycles. The maximum absolute atomic E-state index is 13.2. The Balaban J connectivity index is 3.46. The summed E-state index contributed by atoms with van der Waals surface area (Å²) in [5.74, 6) is -2.37. The summed E-state index contributed by atoms with van der Waals surface area (Å²) in [5, 5.41) is 11.6. The van der Waals surface area contributed by atoms with E-state index in [0.717, 1.165) is 6.07 Å². The Labute approximate surface area is 90.8 Å². The van der Waals surface area contributed by atoms with Crippen molar-refractivity contribution in [3.8, 4) is 11.5 Å². The third-order valence-corrected chi connectivity index (χ3v) is 1.87. The van der Waals surface area contributed by atoms with Crippen molar-refractivity contribution in [2.24, 2.45) is 0 Å². The number of benzene rings is 1. The van der Waals surface area contributed by atoms with Gasteiger partial charge in [-0.1, -0.05) is 0 Å². The van der Waals surface area contributed by atoms with Crippen molar-refractivity contribution in [2.75, 3.05) is 12.4 Å². The molecule has 86 valence electrons. The van der Waals surface area contributed by atoms with E-state index < -0.39 is 17.5 Å². The Kier molecular flexibility index (Phi) is 3.44. The van der Waals surface area contributed by atoms with Gasteiger partial charge in [-0.2, -0.15) is 0 Å². The number of rotatable bonds is 3. The molecular weight excluding hydrogens is 217 g/mol. The molecule has 2 N–H and O–H groups in total. The number of ether oxygens (including phenoxy) is 1. The van der Waals surface area contributed by atoms with Gasteiger partial charge >= 0.3 is 0 Å². The molecule has 1 amide bonds. The minimum atomic E-state index is -1.01. The van der Waals surface area contributed by atoms with Gasteiger partial charge in [-0.3, -0.25) is 9.59 Å². The minimum Gasteiger partial charge on any atom is -0.503 e. The van der Waals surface area contributed by atoms with Crippen LogP contribution in [0.4, 0.5) is 10.1 Å². The molecule has 6 heteroatoms. The van der Waals surface area contributed by atoms with Gasteiger partial charge in [0.1, 0.15) is 5.69 Å². The van der Waals surface area contributed by atoms with E-state index in [1.165, 1.54) is 14.0 Å². The molecule has 0 radical (unpaired) electrons. The lowest BCUT2D eigenvalue weighted by molar-refractivity contribution is -0.114. The Bertz CT molecular complexity index is 445. The van der Waals surface area contributed by atoms with Crippen molar-refractivity contribution < 1.29 is 23.8 Å². The maximum atomic E-state index is 13.2. The lowest BCUT2D eigenvalue weighted by Crippen LogP contribution is -2.09. The maximum Gasteiger partial charge on any atom is 0.221 e. The number of nitrogens with one attached hydrogen (secondary N) is 1. The van der Waals surface area contributed by atoms with E-state index >= 15 is 0 Å². The largest absolute Gasteiger partial charge is 0.503 e. The van der Waals surface area contributed by atoms with Gasteiger partial charge in [-0.15, -0.1) is 0 Å². The van der Waals surface area contributed by atoms with E-state index in [9.17, 15) is 19.1 Å². The third-order valence-electron chi connectivity index (χ3n) is 1.87. The number of hydrogen-bond donors (Lipinski definition) is 2. The van der Waals surface area contributed by atoms with Crippen LogP contribution < -0.4 is 10.1 Å². The highest BCUT2D eigenvalue weighted by molar-refractivity contribution is 5.95. The highest BCUT2D eigenvalue weighted by atomic mass is 19.1. The number of hydrogen-bond acceptors (Lipinski definition) is 4. The molecule has 5 nitrogen and oxygen atoms in total. The van der Waals surface area contributed by atoms with Gasteiger partial charge in [-0.25, -0.2) is 4.39 Å². The summed E-state index contributed by atoms with van der Waals surface area (Å²) in [4.78, 5) is 21.5. The summed E-state index contributed by atoms with van der Waals surface area (Å²) < 4.78 is 18.0. The number of carbonyl (C=O) groups excluding carboxylic acids is 2. The van der Waals surface area contributed by atoms with E-state index in [1.807, 2.05) is 0 Å². The number of phenolic OH excluding ortho intramolecular Hbond substituents is 1. The smallest absolute Gasteiger partial charge is 0.221 e. The SMILES string of the molecule is COc1c(C=O)cc(F)c(O)c1NC(C)=O. The van der Waals surface area contributed by atoms with Gasteiger partial charge in [-0.05, 0) is 6.07 Å². The molecule has 16 heavy (non-hydrogen) atoms. The van der Waals surface area contributed by atoms with Gasteiger partial charge in [0.15, 0.2) is 23.6 Å². The molecule has 0 aliphatic heterocycles. The molecule has 0 heterocycles. The first kappa shape index (κ1) is 12.0. The van der Waals surface area contributed by atoms with Crippen molar-refractivity contribution in [3.05, 3.63) is 17.4 Å². The average Bonchev–Trinajstić information content (AvgIpc) is 2.23. The van der Waals surface area contributed by atoms with Crippen LogP contribution in [0.1, 0.15) is 17.3 Å². The first-order chi connectivity index (χ1) is 7.51. The van der Waals surface area contributed by atoms with Crippen LogP contribution in [0.2, 0.25) is 0 Å². The highest BCUT2D eigenvalue weighted by Crippen LogP contribution is 2.38. The number of anilines is 1. The molecule has 0 saturated heterocycles. The van der Waals surface area contributed by atoms with E-state index in [2.05, 4.69) is 5.32 Å². The molecule has 0 unspecified atom stereocenters. The zero-order valence-electron chi connectivity index (χ0n) is 8.70. The van der Waals surface area contributed by atoms with Crippen LogP contribution in [-0.2, 0) is 4.79 Å². The van der Waals surface area contributed by atoms with Crippen molar-refractivity contribution >= 4 is 17.9 Å². The first-order valence-corrected chi connectivity index (χ1v) is 4.33. The van der Waals surface area contributed by atoms with Gasteiger partial charge in [0.05, 0.1) is 12.7 Å². The predicted molar refractivity (Wildman–Crippen MR) is 54.3 cm³/mol. The number of amides is 1. The second-order valence-electron chi connectivity index (χ2n) is 3.00. The molecule has 0 spiro atoms. The molecule has 1 aromatic carbocycles. The summed E-state index contributed by atoms with van der Waals surface area (Å²) in [6, 6.07) is 0.826. The molecule has 0 fully saturated rings. The zero-order valence-corrected chi connectivity index (χ0v) is 8.70. The number of carbonyl (C=O) groups is 2. The molecule has 0 aliphatic carbocycles. The van der Waals surface area contributed by atoms with E-state index in [0.29, 0.717) is 6.29 Å². The van der Waals surface area contributed by atoms with Crippen LogP contribution in [0.5, 0.6) is 11.5 Å². The fourth-order valence-corrected chi connectivity index (χ4v) is 1.24. The van der Waals surface area contributed by atoms with Crippen LogP contribution in [-0.4, -0.2) is 24.4 Å². The molecule has 0 bridgehead atoms. The summed E-state index contributed by atoms with van der Waals surface area (Å²) in [5.41, 5.74) is -0.348. The molecule has 0 aliphatic rings. The highest BCUT2D eigenvalue weighted by Gasteiger charge is 2.19. The average molecular weight is 227 g/mol. The summed E-state index contributed by atoms with van der Waals surface area (Å²) in [7, 11) is 1.24. The van der Waals surface area contributed by atoms with E-state index in [1.54, 1.807) is 0 Å². The lowest BCUT2D eigenvalue weighted by atomic mass is 10.1. The Morgan fingerprint density at radius 1 is 1.62 bits per heavy atom. The second kappa shape index (κ2) is 4.61. The van der Waals surface area contributed by atoms with Crippen molar-refractivity contribution in [1.82, 2.24) is 0 Å². The second-order valence-corrected chi connectivity index (χ2v) is 3.00. The Morgan fingerprint density at radius 2 is 2.25 bits per heavy atom. The number of halogens is 1. The van der Waals surface area contributed by atoms with Gasteiger partial charge in [0.25, 0.3) is 0 Å². The predicted octanol–water partition coefficient (Wildman–Crippen LogP) is 1.31. The van der Waals surface area contributed by atoms with Crippen molar-refractivity contribution in [2.45, 2.75) is 6.92 Å². The normalized spacial score (nSPS) is 9.69. The van der Waals surface area contributed by atoms with E-state index in [-0.39, 0.29) is 17.0 Å². The van der Waals surface area contributed by atoms with E-state index in [4.69, 9.17) is 4.74 Å². The zero-order chi connectivity index (χ0) is 12.3. The standard InChI is InChI=1S/C10H10FNO4/c1-5(14)12-8-9(15)7(11)3-6(4-13)10(8)16-2/h3-4,15H,1-2H3,(H,12,14). The molecule has 0 atom stereocenters. The first-order valence-electron chi connectivity index (χ1n) is 4.33. The summed E-state index contributed by atoms with van der Waals surface area (Å²) in [6.45, 7) is 1.18. The molecule has 0 aromatic heterocycles. The van der Waals surface area contributed by atoms with Crippen LogP contribution >= 0.6 is 0 Å². The fourth-order valence-electron chi connectivity index (χ4n) is 1.24. The Hall–Kier alpha value is -2.11. The molecule has 1 rings (SSSR count). The number of methoxy groups -OCH3 is 1. The van der Waals surface area contributed by atoms with Crippen LogP contribution in [0.25, 0.3) is 0 Å². The number of phenols is 1. The monoisotopic (exact) mass is 227 g/mol. The van der Waals surface area contributed by atoms with Crippen molar-refractivity contribution in [3.63, 3.8) is 0 Å². The topological polar surface area (TPSA) is 75.6 Å². The lowest BCUT2D eigenvalue weighted by Gasteiger charge is -2.13. The Morgan fingerprint density at radius 3 is 2.69 bits per heavy atom. The quantitative estimate of drug-likeness (QED) is 0.603. The van der Waals surface area contributed by atoms with Gasteiger partial charge < -0.3 is 15.2 Å². The minimum absolute atomic E-state index is 0.0795. The van der Waals surface area contributed by atoms with Crippen LogP contribution in [0.15, 0.2) is 6.07 Å². The number of aldehydes is 1. The molecular formula is C10H10FNO4. The van der Waals surface area contributed by atoms with Crippen LogP contribution in [0.3, 0.4) is 0 Å². The van der Waals surface area contributed by atoms with Gasteiger partial charge in [0, 0.05) is 6.92 Å². The third kappa shape index (κ3) is 2.10. The number of aromatic hydroxyl groups is 1. The fraction of sp³-hybridized carbons (Fsp3) is 0.200. The molecule has 1 aromatic rings. The van der Waals surface area contributed by atoms with Crippen molar-refractivity contribution in [1.29, 1.82) is 0 Å².